The molecule has 0 saturated heterocycles. The summed E-state index contributed by atoms with van der Waals surface area (Å²) in [6, 6.07) is 10.2. The lowest BCUT2D eigenvalue weighted by atomic mass is 10.2. The van der Waals surface area contributed by atoms with Gasteiger partial charge in [0.05, 0.1) is 0 Å². The molecule has 0 saturated carbocycles. The highest BCUT2D eigenvalue weighted by Crippen LogP contribution is 2.23. The van der Waals surface area contributed by atoms with E-state index < -0.39 is 23.9 Å². The lowest BCUT2D eigenvalue weighted by Crippen LogP contribution is -2.30. The molecule has 0 aromatic heterocycles. The molecule has 4 N–H and O–H groups in total. The van der Waals surface area contributed by atoms with Crippen molar-refractivity contribution in [2.24, 2.45) is 5.73 Å². The van der Waals surface area contributed by atoms with E-state index in [4.69, 9.17) is 10.5 Å². The summed E-state index contributed by atoms with van der Waals surface area (Å²) in [5.41, 5.74) is 5.81. The third-order valence-corrected chi connectivity index (χ3v) is 3.76. The molecule has 0 heterocycles. The number of nitrogens with one attached hydrogen (secondary N) is 1. The van der Waals surface area contributed by atoms with Crippen LogP contribution in [0.3, 0.4) is 0 Å². The molecule has 1 unspecified atom stereocenters. The van der Waals surface area contributed by atoms with Crippen molar-refractivity contribution in [3.05, 3.63) is 58.1 Å². The van der Waals surface area contributed by atoms with Gasteiger partial charge < -0.3 is 20.9 Å². The zero-order chi connectivity index (χ0) is 18.6. The first kappa shape index (κ1) is 18.5. The van der Waals surface area contributed by atoms with Crippen LogP contribution in [0.4, 0.5) is 5.69 Å². The van der Waals surface area contributed by atoms with E-state index in [9.17, 15) is 19.5 Å². The number of carbonyl (C=O) groups is 3. The average molecular weight is 407 g/mol. The lowest BCUT2D eigenvalue weighted by Gasteiger charge is -2.14. The van der Waals surface area contributed by atoms with Crippen molar-refractivity contribution in [2.45, 2.75) is 13.0 Å². The maximum absolute atomic E-state index is 12.1. The molecule has 0 radical (unpaired) electrons. The number of nitrogens with two attached hydrogens (primary N) is 1. The molecule has 130 valence electrons. The van der Waals surface area contributed by atoms with Crippen molar-refractivity contribution in [3.63, 3.8) is 0 Å². The Hall–Kier alpha value is -2.87. The summed E-state index contributed by atoms with van der Waals surface area (Å²) in [7, 11) is 0. The summed E-state index contributed by atoms with van der Waals surface area (Å²) in [4.78, 5) is 35.2. The highest BCUT2D eigenvalue weighted by molar-refractivity contribution is 9.10. The maximum Gasteiger partial charge on any atom is 0.342 e. The van der Waals surface area contributed by atoms with Crippen LogP contribution in [0, 0.1) is 0 Å². The van der Waals surface area contributed by atoms with Crippen LogP contribution in [0.25, 0.3) is 0 Å². The van der Waals surface area contributed by atoms with Crippen LogP contribution in [-0.4, -0.2) is 29.0 Å². The quantitative estimate of drug-likeness (QED) is 0.658. The Balaban J connectivity index is 2.01. The normalized spacial score (nSPS) is 11.4. The van der Waals surface area contributed by atoms with Crippen molar-refractivity contribution in [2.75, 3.05) is 5.32 Å². The Kier molecular flexibility index (Phi) is 5.76. The van der Waals surface area contributed by atoms with Gasteiger partial charge in [-0.2, -0.15) is 0 Å². The molecule has 8 heteroatoms. The van der Waals surface area contributed by atoms with Gasteiger partial charge in [-0.15, -0.1) is 0 Å². The molecule has 2 aromatic carbocycles. The third-order valence-electron chi connectivity index (χ3n) is 3.27. The number of phenols is 1. The lowest BCUT2D eigenvalue weighted by molar-refractivity contribution is -0.123. The second-order valence-electron chi connectivity index (χ2n) is 5.14. The summed E-state index contributed by atoms with van der Waals surface area (Å²) < 4.78 is 5.65. The van der Waals surface area contributed by atoms with Gasteiger partial charge in [-0.05, 0) is 49.4 Å². The first-order chi connectivity index (χ1) is 11.8. The number of anilines is 1. The topological polar surface area (TPSA) is 119 Å². The molecule has 0 aliphatic carbocycles. The molecule has 2 aromatic rings. The average Bonchev–Trinajstić information content (AvgIpc) is 2.57. The minimum Gasteiger partial charge on any atom is -0.507 e. The maximum atomic E-state index is 12.1. The van der Waals surface area contributed by atoms with Gasteiger partial charge in [0.2, 0.25) is 5.91 Å². The fourth-order valence-electron chi connectivity index (χ4n) is 1.91. The number of hydrogen-bond donors (Lipinski definition) is 3. The fraction of sp³-hybridized carbons (Fsp3) is 0.118. The number of rotatable bonds is 5. The summed E-state index contributed by atoms with van der Waals surface area (Å²) in [5, 5.41) is 12.3. The number of carbonyl (C=O) groups excluding carboxylic acids is 3. The molecule has 2 rings (SSSR count). The second kappa shape index (κ2) is 7.80. The predicted molar refractivity (Wildman–Crippen MR) is 94.3 cm³/mol. The van der Waals surface area contributed by atoms with E-state index >= 15 is 0 Å². The van der Waals surface area contributed by atoms with E-state index in [1.54, 1.807) is 6.07 Å². The molecule has 0 aliphatic heterocycles. The molecular weight excluding hydrogens is 392 g/mol. The smallest absolute Gasteiger partial charge is 0.342 e. The number of hydrogen-bond acceptors (Lipinski definition) is 5. The van der Waals surface area contributed by atoms with Gasteiger partial charge >= 0.3 is 5.97 Å². The minimum atomic E-state index is -1.10. The largest absolute Gasteiger partial charge is 0.507 e. The number of ether oxygens (including phenoxy) is 1. The molecule has 0 spiro atoms. The number of amides is 2. The Morgan fingerprint density at radius 3 is 2.40 bits per heavy atom. The number of esters is 1. The van der Waals surface area contributed by atoms with Crippen molar-refractivity contribution in [3.8, 4) is 5.75 Å². The van der Waals surface area contributed by atoms with Gasteiger partial charge in [-0.1, -0.05) is 15.9 Å². The summed E-state index contributed by atoms with van der Waals surface area (Å²) in [6.07, 6.45) is -1.10. The molecule has 0 fully saturated rings. The second-order valence-corrected chi connectivity index (χ2v) is 6.06. The number of primary amides is 1. The van der Waals surface area contributed by atoms with Crippen molar-refractivity contribution in [1.29, 1.82) is 0 Å². The van der Waals surface area contributed by atoms with Gasteiger partial charge in [0, 0.05) is 15.7 Å². The van der Waals surface area contributed by atoms with Crippen molar-refractivity contribution < 1.29 is 24.2 Å². The SMILES string of the molecule is CC(OC(=O)c1cc(Br)ccc1O)C(=O)Nc1ccc(C(N)=O)cc1. The summed E-state index contributed by atoms with van der Waals surface area (Å²) >= 11 is 3.19. The fourth-order valence-corrected chi connectivity index (χ4v) is 2.27. The van der Waals surface area contributed by atoms with Crippen LogP contribution in [0.2, 0.25) is 0 Å². The molecule has 1 atom stereocenters. The van der Waals surface area contributed by atoms with Crippen LogP contribution in [0.1, 0.15) is 27.6 Å². The zero-order valence-electron chi connectivity index (χ0n) is 13.2. The van der Waals surface area contributed by atoms with E-state index in [2.05, 4.69) is 21.2 Å². The van der Waals surface area contributed by atoms with Gasteiger partial charge in [-0.25, -0.2) is 4.79 Å². The van der Waals surface area contributed by atoms with Crippen LogP contribution in [0.5, 0.6) is 5.75 Å². The molecule has 25 heavy (non-hydrogen) atoms. The molecule has 0 bridgehead atoms. The Morgan fingerprint density at radius 1 is 1.16 bits per heavy atom. The van der Waals surface area contributed by atoms with Gasteiger partial charge in [-0.3, -0.25) is 9.59 Å². The number of aromatic hydroxyl groups is 1. The highest BCUT2D eigenvalue weighted by atomic mass is 79.9. The van der Waals surface area contributed by atoms with Crippen LogP contribution < -0.4 is 11.1 Å². The predicted octanol–water partition coefficient (Wildman–Crippen LogP) is 2.44. The van der Waals surface area contributed by atoms with E-state index in [1.165, 1.54) is 43.3 Å². The zero-order valence-corrected chi connectivity index (χ0v) is 14.7. The first-order valence-corrected chi connectivity index (χ1v) is 7.97. The van der Waals surface area contributed by atoms with Crippen LogP contribution in [0.15, 0.2) is 46.9 Å². The number of benzene rings is 2. The Labute approximate surface area is 151 Å². The summed E-state index contributed by atoms with van der Waals surface area (Å²) in [6.45, 7) is 1.40. The first-order valence-electron chi connectivity index (χ1n) is 7.18. The molecular formula is C17H15BrN2O5. The summed E-state index contributed by atoms with van der Waals surface area (Å²) in [5.74, 6) is -2.21. The van der Waals surface area contributed by atoms with Crippen LogP contribution in [-0.2, 0) is 9.53 Å². The Morgan fingerprint density at radius 2 is 1.80 bits per heavy atom. The van der Waals surface area contributed by atoms with Gasteiger partial charge in [0.25, 0.3) is 5.91 Å². The number of phenolic OH excluding ortho intramolecular Hbond substituents is 1. The molecule has 0 aliphatic rings. The van der Waals surface area contributed by atoms with Crippen molar-refractivity contribution >= 4 is 39.4 Å². The molecule has 2 amide bonds. The van der Waals surface area contributed by atoms with E-state index in [0.29, 0.717) is 15.7 Å². The Bertz CT molecular complexity index is 820. The monoisotopic (exact) mass is 406 g/mol. The van der Waals surface area contributed by atoms with E-state index in [0.717, 1.165) is 0 Å². The third kappa shape index (κ3) is 4.80. The van der Waals surface area contributed by atoms with E-state index in [-0.39, 0.29) is 11.3 Å². The van der Waals surface area contributed by atoms with E-state index in [1.807, 2.05) is 0 Å². The van der Waals surface area contributed by atoms with Crippen molar-refractivity contribution in [1.82, 2.24) is 0 Å². The van der Waals surface area contributed by atoms with Gasteiger partial charge in [0.1, 0.15) is 11.3 Å². The highest BCUT2D eigenvalue weighted by Gasteiger charge is 2.21. The number of halogens is 1. The standard InChI is InChI=1S/C17H15BrN2O5/c1-9(25-17(24)13-8-11(18)4-7-14(13)21)16(23)20-12-5-2-10(3-6-12)15(19)22/h2-9,21H,1H3,(H2,19,22)(H,20,23). The van der Waals surface area contributed by atoms with Crippen LogP contribution >= 0.6 is 15.9 Å². The van der Waals surface area contributed by atoms with Gasteiger partial charge in [0.15, 0.2) is 6.10 Å². The molecule has 7 nitrogen and oxygen atoms in total. The minimum absolute atomic E-state index is 0.0557.